The highest BCUT2D eigenvalue weighted by Gasteiger charge is 2.33. The highest BCUT2D eigenvalue weighted by atomic mass is 32.2. The van der Waals surface area contributed by atoms with Crippen molar-refractivity contribution in [3.8, 4) is 17.1 Å². The molecule has 0 bridgehead atoms. The van der Waals surface area contributed by atoms with Crippen molar-refractivity contribution >= 4 is 11.8 Å². The van der Waals surface area contributed by atoms with Gasteiger partial charge in [0.1, 0.15) is 5.69 Å². The monoisotopic (exact) mass is 301 g/mol. The van der Waals surface area contributed by atoms with Gasteiger partial charge in [-0.3, -0.25) is 0 Å². The number of aromatic nitrogens is 3. The van der Waals surface area contributed by atoms with Gasteiger partial charge < -0.3 is 4.74 Å². The number of hydrogen-bond acceptors (Lipinski definition) is 5. The third-order valence-corrected chi connectivity index (χ3v) is 2.97. The van der Waals surface area contributed by atoms with E-state index in [-0.39, 0.29) is 10.9 Å². The molecule has 0 fully saturated rings. The van der Waals surface area contributed by atoms with Crippen molar-refractivity contribution in [3.63, 3.8) is 0 Å². The normalized spacial score (nSPS) is 11.4. The summed E-state index contributed by atoms with van der Waals surface area (Å²) in [5.41, 5.74) is -0.330. The Hall–Kier alpha value is -1.83. The number of pyridine rings is 1. The Balaban J connectivity index is 2.49. The quantitative estimate of drug-likeness (QED) is 0.643. The van der Waals surface area contributed by atoms with Gasteiger partial charge in [0, 0.05) is 17.8 Å². The molecule has 8 heteroatoms. The Bertz CT molecular complexity index is 602. The van der Waals surface area contributed by atoms with E-state index in [2.05, 4.69) is 15.0 Å². The van der Waals surface area contributed by atoms with Crippen molar-refractivity contribution in [1.82, 2.24) is 15.0 Å². The number of halogens is 3. The van der Waals surface area contributed by atoms with Crippen LogP contribution < -0.4 is 4.74 Å². The predicted molar refractivity (Wildman–Crippen MR) is 68.6 cm³/mol. The Labute approximate surface area is 117 Å². The Morgan fingerprint density at radius 3 is 2.45 bits per heavy atom. The summed E-state index contributed by atoms with van der Waals surface area (Å²) < 4.78 is 43.3. The molecule has 0 aliphatic carbocycles. The summed E-state index contributed by atoms with van der Waals surface area (Å²) in [6.07, 6.45) is -1.49. The van der Waals surface area contributed by atoms with Crippen LogP contribution in [0.5, 0.6) is 5.88 Å². The summed E-state index contributed by atoms with van der Waals surface area (Å²) in [4.78, 5) is 11.5. The predicted octanol–water partition coefficient (Wildman–Crippen LogP) is 3.29. The molecule has 106 valence electrons. The zero-order chi connectivity index (χ0) is 14.8. The summed E-state index contributed by atoms with van der Waals surface area (Å²) in [6, 6.07) is 4.06. The number of nitrogens with zero attached hydrogens (tertiary/aromatic N) is 3. The standard InChI is InChI=1S/C12H10F3N3OS/c1-19-10-4-3-7(6-16-10)8-5-9(12(13,14)15)18-11(17-8)20-2/h3-6H,1-2H3. The van der Waals surface area contributed by atoms with Crippen molar-refractivity contribution < 1.29 is 17.9 Å². The lowest BCUT2D eigenvalue weighted by atomic mass is 10.2. The van der Waals surface area contributed by atoms with Crippen LogP contribution in [0.3, 0.4) is 0 Å². The smallest absolute Gasteiger partial charge is 0.433 e. The van der Waals surface area contributed by atoms with E-state index in [0.29, 0.717) is 11.4 Å². The first-order valence-electron chi connectivity index (χ1n) is 5.44. The van der Waals surface area contributed by atoms with Crippen molar-refractivity contribution in [3.05, 3.63) is 30.1 Å². The molecule has 0 spiro atoms. The molecule has 0 aromatic carbocycles. The zero-order valence-corrected chi connectivity index (χ0v) is 11.4. The molecular weight excluding hydrogens is 291 g/mol. The van der Waals surface area contributed by atoms with E-state index >= 15 is 0 Å². The second-order valence-corrected chi connectivity index (χ2v) is 4.49. The van der Waals surface area contributed by atoms with Crippen molar-refractivity contribution in [1.29, 1.82) is 0 Å². The maximum absolute atomic E-state index is 12.8. The number of rotatable bonds is 3. The van der Waals surface area contributed by atoms with E-state index in [9.17, 15) is 13.2 Å². The first-order valence-corrected chi connectivity index (χ1v) is 6.67. The van der Waals surface area contributed by atoms with Crippen molar-refractivity contribution in [2.75, 3.05) is 13.4 Å². The lowest BCUT2D eigenvalue weighted by molar-refractivity contribution is -0.141. The maximum Gasteiger partial charge on any atom is 0.433 e. The van der Waals surface area contributed by atoms with Crippen LogP contribution in [0.4, 0.5) is 13.2 Å². The molecule has 0 radical (unpaired) electrons. The average Bonchev–Trinajstić information content (AvgIpc) is 2.46. The second kappa shape index (κ2) is 5.66. The molecule has 0 unspecified atom stereocenters. The summed E-state index contributed by atoms with van der Waals surface area (Å²) in [5.74, 6) is 0.379. The summed E-state index contributed by atoms with van der Waals surface area (Å²) in [7, 11) is 1.46. The van der Waals surface area contributed by atoms with Gasteiger partial charge in [-0.2, -0.15) is 13.2 Å². The van der Waals surface area contributed by atoms with Gasteiger partial charge >= 0.3 is 6.18 Å². The highest BCUT2D eigenvalue weighted by molar-refractivity contribution is 7.98. The second-order valence-electron chi connectivity index (χ2n) is 3.71. The molecule has 20 heavy (non-hydrogen) atoms. The molecule has 2 aromatic rings. The molecule has 0 N–H and O–H groups in total. The van der Waals surface area contributed by atoms with Crippen LogP contribution in [0.1, 0.15) is 5.69 Å². The highest BCUT2D eigenvalue weighted by Crippen LogP contribution is 2.31. The van der Waals surface area contributed by atoms with Crippen molar-refractivity contribution in [2.45, 2.75) is 11.3 Å². The molecule has 2 heterocycles. The minimum atomic E-state index is -4.51. The molecule has 0 saturated heterocycles. The fourth-order valence-corrected chi connectivity index (χ4v) is 1.84. The lowest BCUT2D eigenvalue weighted by Crippen LogP contribution is -2.10. The molecule has 4 nitrogen and oxygen atoms in total. The van der Waals surface area contributed by atoms with Crippen LogP contribution in [-0.2, 0) is 6.18 Å². The largest absolute Gasteiger partial charge is 0.481 e. The molecule has 0 aliphatic heterocycles. The van der Waals surface area contributed by atoms with Gasteiger partial charge in [0.15, 0.2) is 5.16 Å². The summed E-state index contributed by atoms with van der Waals surface area (Å²) in [5, 5.41) is 0.0608. The topological polar surface area (TPSA) is 47.9 Å². The Kier molecular flexibility index (Phi) is 4.12. The van der Waals surface area contributed by atoms with Gasteiger partial charge in [0.05, 0.1) is 12.8 Å². The third kappa shape index (κ3) is 3.19. The van der Waals surface area contributed by atoms with E-state index in [1.54, 1.807) is 18.4 Å². The minimum Gasteiger partial charge on any atom is -0.481 e. The van der Waals surface area contributed by atoms with Crippen LogP contribution in [0.15, 0.2) is 29.6 Å². The molecule has 2 rings (SSSR count). The van der Waals surface area contributed by atoms with Gasteiger partial charge in [-0.25, -0.2) is 15.0 Å². The number of alkyl halides is 3. The van der Waals surface area contributed by atoms with Gasteiger partial charge in [-0.05, 0) is 18.4 Å². The molecule has 0 aliphatic rings. The van der Waals surface area contributed by atoms with Crippen LogP contribution in [0.2, 0.25) is 0 Å². The van der Waals surface area contributed by atoms with Gasteiger partial charge in [-0.1, -0.05) is 11.8 Å². The van der Waals surface area contributed by atoms with E-state index in [4.69, 9.17) is 4.74 Å². The molecule has 0 saturated carbocycles. The molecular formula is C12H10F3N3OS. The average molecular weight is 301 g/mol. The number of thioether (sulfide) groups is 1. The van der Waals surface area contributed by atoms with Gasteiger partial charge in [0.2, 0.25) is 5.88 Å². The molecule has 2 aromatic heterocycles. The first-order chi connectivity index (χ1) is 9.44. The van der Waals surface area contributed by atoms with Gasteiger partial charge in [0.25, 0.3) is 0 Å². The van der Waals surface area contributed by atoms with Crippen LogP contribution in [0, 0.1) is 0 Å². The van der Waals surface area contributed by atoms with Crippen LogP contribution in [0.25, 0.3) is 11.3 Å². The molecule has 0 atom stereocenters. The zero-order valence-electron chi connectivity index (χ0n) is 10.6. The first kappa shape index (κ1) is 14.6. The number of methoxy groups -OCH3 is 1. The fourth-order valence-electron chi connectivity index (χ4n) is 1.46. The van der Waals surface area contributed by atoms with E-state index in [0.717, 1.165) is 17.8 Å². The van der Waals surface area contributed by atoms with E-state index in [1.807, 2.05) is 0 Å². The van der Waals surface area contributed by atoms with Crippen molar-refractivity contribution in [2.24, 2.45) is 0 Å². The maximum atomic E-state index is 12.8. The van der Waals surface area contributed by atoms with E-state index in [1.165, 1.54) is 13.3 Å². The van der Waals surface area contributed by atoms with Crippen LogP contribution >= 0.6 is 11.8 Å². The van der Waals surface area contributed by atoms with Crippen LogP contribution in [-0.4, -0.2) is 28.3 Å². The summed E-state index contributed by atoms with van der Waals surface area (Å²) >= 11 is 1.05. The summed E-state index contributed by atoms with van der Waals surface area (Å²) in [6.45, 7) is 0. The van der Waals surface area contributed by atoms with E-state index < -0.39 is 11.9 Å². The van der Waals surface area contributed by atoms with Gasteiger partial charge in [-0.15, -0.1) is 0 Å². The number of hydrogen-bond donors (Lipinski definition) is 0. The Morgan fingerprint density at radius 2 is 1.95 bits per heavy atom. The lowest BCUT2D eigenvalue weighted by Gasteiger charge is -2.09. The Morgan fingerprint density at radius 1 is 1.20 bits per heavy atom. The SMILES string of the molecule is COc1ccc(-c2cc(C(F)(F)F)nc(SC)n2)cn1. The number of ether oxygens (including phenoxy) is 1. The minimum absolute atomic E-state index is 0.0608. The third-order valence-electron chi connectivity index (χ3n) is 2.42. The fraction of sp³-hybridized carbons (Fsp3) is 0.250. The molecule has 0 amide bonds.